The van der Waals surface area contributed by atoms with Crippen molar-refractivity contribution in [3.05, 3.63) is 46.4 Å². The SMILES string of the molecule is Cn1ccc(/C=C/C(=O)c2cccs2)n1. The van der Waals surface area contributed by atoms with Gasteiger partial charge in [0.15, 0.2) is 5.78 Å². The number of carbonyl (C=O) groups is 1. The maximum atomic E-state index is 11.6. The van der Waals surface area contributed by atoms with Crippen molar-refractivity contribution in [2.45, 2.75) is 0 Å². The summed E-state index contributed by atoms with van der Waals surface area (Å²) < 4.78 is 1.70. The number of ketones is 1. The lowest BCUT2D eigenvalue weighted by Crippen LogP contribution is -1.90. The van der Waals surface area contributed by atoms with Crippen LogP contribution in [0.1, 0.15) is 15.4 Å². The van der Waals surface area contributed by atoms with E-state index in [0.717, 1.165) is 10.6 Å². The summed E-state index contributed by atoms with van der Waals surface area (Å²) in [6.07, 6.45) is 5.12. The van der Waals surface area contributed by atoms with Gasteiger partial charge in [-0.25, -0.2) is 0 Å². The van der Waals surface area contributed by atoms with Crippen molar-refractivity contribution in [2.24, 2.45) is 7.05 Å². The Balaban J connectivity index is 2.09. The Bertz CT molecular complexity index is 482. The Morgan fingerprint density at radius 3 is 3.00 bits per heavy atom. The largest absolute Gasteiger partial charge is 0.288 e. The quantitative estimate of drug-likeness (QED) is 0.585. The number of hydrogen-bond donors (Lipinski definition) is 0. The van der Waals surface area contributed by atoms with Crippen molar-refractivity contribution < 1.29 is 4.79 Å². The average molecular weight is 218 g/mol. The minimum atomic E-state index is 0.0238. The highest BCUT2D eigenvalue weighted by atomic mass is 32.1. The average Bonchev–Trinajstić information content (AvgIpc) is 2.84. The minimum Gasteiger partial charge on any atom is -0.288 e. The van der Waals surface area contributed by atoms with E-state index in [-0.39, 0.29) is 5.78 Å². The standard InChI is InChI=1S/C11H10N2OS/c1-13-7-6-9(12-13)4-5-10(14)11-3-2-8-15-11/h2-8H,1H3/b5-4+. The number of thiophene rings is 1. The first-order chi connectivity index (χ1) is 7.25. The zero-order valence-corrected chi connectivity index (χ0v) is 9.07. The Labute approximate surface area is 91.7 Å². The monoisotopic (exact) mass is 218 g/mol. The Kier molecular flexibility index (Phi) is 2.78. The third kappa shape index (κ3) is 2.41. The second-order valence-corrected chi connectivity index (χ2v) is 4.04. The number of aryl methyl sites for hydroxylation is 1. The predicted octanol–water partition coefficient (Wildman–Crippen LogP) is 2.38. The van der Waals surface area contributed by atoms with E-state index in [9.17, 15) is 4.79 Å². The van der Waals surface area contributed by atoms with Gasteiger partial charge in [-0.05, 0) is 29.7 Å². The topological polar surface area (TPSA) is 34.9 Å². The van der Waals surface area contributed by atoms with Gasteiger partial charge in [0, 0.05) is 13.2 Å². The summed E-state index contributed by atoms with van der Waals surface area (Å²) in [5.41, 5.74) is 0.794. The van der Waals surface area contributed by atoms with Crippen LogP contribution in [0.2, 0.25) is 0 Å². The van der Waals surface area contributed by atoms with Crippen LogP contribution < -0.4 is 0 Å². The van der Waals surface area contributed by atoms with E-state index in [4.69, 9.17) is 0 Å². The molecule has 15 heavy (non-hydrogen) atoms. The Morgan fingerprint density at radius 2 is 2.40 bits per heavy atom. The molecule has 2 aromatic heterocycles. The van der Waals surface area contributed by atoms with E-state index in [1.165, 1.54) is 11.3 Å². The maximum absolute atomic E-state index is 11.6. The van der Waals surface area contributed by atoms with E-state index in [2.05, 4.69) is 5.10 Å². The van der Waals surface area contributed by atoms with Crippen LogP contribution in [0.5, 0.6) is 0 Å². The van der Waals surface area contributed by atoms with E-state index >= 15 is 0 Å². The van der Waals surface area contributed by atoms with Gasteiger partial charge < -0.3 is 0 Å². The van der Waals surface area contributed by atoms with Gasteiger partial charge in [-0.2, -0.15) is 5.10 Å². The number of rotatable bonds is 3. The fraction of sp³-hybridized carbons (Fsp3) is 0.0909. The molecule has 0 aliphatic carbocycles. The molecule has 0 fully saturated rings. The van der Waals surface area contributed by atoms with Crippen molar-refractivity contribution in [3.63, 3.8) is 0 Å². The molecule has 0 aliphatic heterocycles. The normalized spacial score (nSPS) is 11.0. The molecule has 2 rings (SSSR count). The first-order valence-electron chi connectivity index (χ1n) is 4.51. The highest BCUT2D eigenvalue weighted by molar-refractivity contribution is 7.12. The number of aromatic nitrogens is 2. The molecule has 0 saturated heterocycles. The molecule has 0 saturated carbocycles. The maximum Gasteiger partial charge on any atom is 0.195 e. The fourth-order valence-electron chi connectivity index (χ4n) is 1.18. The van der Waals surface area contributed by atoms with Crippen LogP contribution in [0.25, 0.3) is 6.08 Å². The molecule has 0 amide bonds. The molecule has 0 radical (unpaired) electrons. The third-order valence-corrected chi connectivity index (χ3v) is 2.79. The lowest BCUT2D eigenvalue weighted by Gasteiger charge is -1.87. The van der Waals surface area contributed by atoms with E-state index in [1.54, 1.807) is 16.8 Å². The second-order valence-electron chi connectivity index (χ2n) is 3.09. The minimum absolute atomic E-state index is 0.0238. The number of carbonyl (C=O) groups excluding carboxylic acids is 1. The summed E-state index contributed by atoms with van der Waals surface area (Å²) in [6, 6.07) is 5.54. The zero-order valence-electron chi connectivity index (χ0n) is 8.25. The van der Waals surface area contributed by atoms with Gasteiger partial charge in [-0.15, -0.1) is 11.3 Å². The van der Waals surface area contributed by atoms with Crippen LogP contribution in [0.3, 0.4) is 0 Å². The molecule has 0 bridgehead atoms. The molecule has 0 aliphatic rings. The van der Waals surface area contributed by atoms with Crippen LogP contribution in [0.4, 0.5) is 0 Å². The van der Waals surface area contributed by atoms with Gasteiger partial charge in [0.05, 0.1) is 10.6 Å². The van der Waals surface area contributed by atoms with Crippen LogP contribution in [0, 0.1) is 0 Å². The summed E-state index contributed by atoms with van der Waals surface area (Å²) in [5, 5.41) is 6.04. The van der Waals surface area contributed by atoms with E-state index < -0.39 is 0 Å². The lowest BCUT2D eigenvalue weighted by molar-refractivity contribution is 0.105. The summed E-state index contributed by atoms with van der Waals surface area (Å²) in [6.45, 7) is 0. The van der Waals surface area contributed by atoms with Gasteiger partial charge in [-0.3, -0.25) is 9.48 Å². The number of allylic oxidation sites excluding steroid dienone is 1. The molecule has 0 atom stereocenters. The van der Waals surface area contributed by atoms with Crippen LogP contribution >= 0.6 is 11.3 Å². The van der Waals surface area contributed by atoms with E-state index in [0.29, 0.717) is 0 Å². The Hall–Kier alpha value is -1.68. The molecule has 2 heterocycles. The number of nitrogens with zero attached hydrogens (tertiary/aromatic N) is 2. The van der Waals surface area contributed by atoms with Crippen molar-refractivity contribution in [1.29, 1.82) is 0 Å². The smallest absolute Gasteiger partial charge is 0.195 e. The molecular weight excluding hydrogens is 208 g/mol. The summed E-state index contributed by atoms with van der Waals surface area (Å²) in [4.78, 5) is 12.3. The highest BCUT2D eigenvalue weighted by Crippen LogP contribution is 2.10. The van der Waals surface area contributed by atoms with Gasteiger partial charge >= 0.3 is 0 Å². The molecule has 0 N–H and O–H groups in total. The summed E-state index contributed by atoms with van der Waals surface area (Å²) in [7, 11) is 1.85. The van der Waals surface area contributed by atoms with Gasteiger partial charge in [0.1, 0.15) is 0 Å². The Morgan fingerprint density at radius 1 is 1.53 bits per heavy atom. The molecule has 0 unspecified atom stereocenters. The van der Waals surface area contributed by atoms with Crippen molar-refractivity contribution in [3.8, 4) is 0 Å². The molecule has 2 aromatic rings. The molecule has 0 spiro atoms. The third-order valence-electron chi connectivity index (χ3n) is 1.90. The molecule has 0 aromatic carbocycles. The van der Waals surface area contributed by atoms with Crippen molar-refractivity contribution in [2.75, 3.05) is 0 Å². The van der Waals surface area contributed by atoms with Gasteiger partial charge in [0.25, 0.3) is 0 Å². The second kappa shape index (κ2) is 4.23. The predicted molar refractivity (Wildman–Crippen MR) is 60.9 cm³/mol. The van der Waals surface area contributed by atoms with Crippen molar-refractivity contribution in [1.82, 2.24) is 9.78 Å². The highest BCUT2D eigenvalue weighted by Gasteiger charge is 2.01. The first kappa shape index (κ1) is 9.86. The summed E-state index contributed by atoms with van der Waals surface area (Å²) >= 11 is 1.44. The molecular formula is C11H10N2OS. The van der Waals surface area contributed by atoms with E-state index in [1.807, 2.05) is 36.8 Å². The van der Waals surface area contributed by atoms with Crippen LogP contribution in [0.15, 0.2) is 35.9 Å². The first-order valence-corrected chi connectivity index (χ1v) is 5.39. The molecule has 4 heteroatoms. The lowest BCUT2D eigenvalue weighted by atomic mass is 10.3. The van der Waals surface area contributed by atoms with Crippen LogP contribution in [-0.2, 0) is 7.05 Å². The van der Waals surface area contributed by atoms with Gasteiger partial charge in [0.2, 0.25) is 0 Å². The van der Waals surface area contributed by atoms with Gasteiger partial charge in [-0.1, -0.05) is 6.07 Å². The summed E-state index contributed by atoms with van der Waals surface area (Å²) in [5.74, 6) is 0.0238. The fourth-order valence-corrected chi connectivity index (χ4v) is 1.83. The zero-order chi connectivity index (χ0) is 10.7. The number of hydrogen-bond acceptors (Lipinski definition) is 3. The molecule has 76 valence electrons. The van der Waals surface area contributed by atoms with Crippen LogP contribution in [-0.4, -0.2) is 15.6 Å². The van der Waals surface area contributed by atoms with Crippen molar-refractivity contribution >= 4 is 23.2 Å². The molecule has 3 nitrogen and oxygen atoms in total.